The van der Waals surface area contributed by atoms with Gasteiger partial charge in [0.15, 0.2) is 0 Å². The molecule has 0 amide bonds. The number of hydrogen-bond donors (Lipinski definition) is 0. The number of hydrogen-bond acceptors (Lipinski definition) is 0. The molecule has 2 fully saturated rings. The molecule has 2 aliphatic carbocycles. The summed E-state index contributed by atoms with van der Waals surface area (Å²) in [6, 6.07) is 0. The third kappa shape index (κ3) is 0.980. The summed E-state index contributed by atoms with van der Waals surface area (Å²) < 4.78 is 0. The van der Waals surface area contributed by atoms with Gasteiger partial charge in [-0.3, -0.25) is 0 Å². The van der Waals surface area contributed by atoms with Crippen molar-refractivity contribution in [3.05, 3.63) is 0 Å². The van der Waals surface area contributed by atoms with Gasteiger partial charge in [0.25, 0.3) is 0 Å². The van der Waals surface area contributed by atoms with Gasteiger partial charge in [-0.05, 0) is 24.2 Å². The van der Waals surface area contributed by atoms with Crippen molar-refractivity contribution >= 4 is 0 Å². The maximum Gasteiger partial charge on any atom is -0.0360 e. The average Bonchev–Trinajstić information content (AvgIpc) is 2.36. The minimum absolute atomic E-state index is 1.06. The van der Waals surface area contributed by atoms with Gasteiger partial charge in [0.1, 0.15) is 0 Å². The molecule has 0 aliphatic heterocycles. The Hall–Kier alpha value is 0. The minimum atomic E-state index is 1.06. The molecular weight excluding hydrogens is 120 g/mol. The van der Waals surface area contributed by atoms with Crippen LogP contribution in [0.2, 0.25) is 0 Å². The van der Waals surface area contributed by atoms with Crippen molar-refractivity contribution in [3.63, 3.8) is 0 Å². The maximum atomic E-state index is 2.46. The molecule has 58 valence electrons. The van der Waals surface area contributed by atoms with Gasteiger partial charge in [-0.2, -0.15) is 0 Å². The third-order valence-electron chi connectivity index (χ3n) is 3.68. The first-order valence-corrected chi connectivity index (χ1v) is 4.88. The number of fused-ring (bicyclic) bond motifs is 1. The number of rotatable bonds is 0. The second-order valence-electron chi connectivity index (χ2n) is 4.26. The predicted molar refractivity (Wildman–Crippen MR) is 43.8 cm³/mol. The van der Waals surface area contributed by atoms with E-state index in [2.05, 4.69) is 6.92 Å². The smallest absolute Gasteiger partial charge is 0.0360 e. The first-order chi connectivity index (χ1) is 4.88. The molecule has 3 unspecified atom stereocenters. The normalized spacial score (nSPS) is 47.1. The third-order valence-corrected chi connectivity index (χ3v) is 3.68. The van der Waals surface area contributed by atoms with E-state index >= 15 is 0 Å². The Morgan fingerprint density at radius 2 is 1.60 bits per heavy atom. The van der Waals surface area contributed by atoms with Gasteiger partial charge in [0.2, 0.25) is 0 Å². The zero-order valence-corrected chi connectivity index (χ0v) is 6.97. The van der Waals surface area contributed by atoms with Crippen LogP contribution in [0.15, 0.2) is 0 Å². The summed E-state index contributed by atoms with van der Waals surface area (Å²) in [5.41, 5.74) is 0. The largest absolute Gasteiger partial charge is 0.0622 e. The monoisotopic (exact) mass is 138 g/mol. The van der Waals surface area contributed by atoms with Crippen LogP contribution >= 0.6 is 0 Å². The van der Waals surface area contributed by atoms with Gasteiger partial charge < -0.3 is 0 Å². The van der Waals surface area contributed by atoms with E-state index in [0.717, 1.165) is 17.8 Å². The zero-order chi connectivity index (χ0) is 6.97. The quantitative estimate of drug-likeness (QED) is 0.482. The van der Waals surface area contributed by atoms with Crippen LogP contribution < -0.4 is 0 Å². The molecule has 0 heteroatoms. The summed E-state index contributed by atoms with van der Waals surface area (Å²) in [6.45, 7) is 2.46. The Morgan fingerprint density at radius 3 is 2.30 bits per heavy atom. The summed E-state index contributed by atoms with van der Waals surface area (Å²) >= 11 is 0. The highest BCUT2D eigenvalue weighted by Crippen LogP contribution is 2.44. The molecule has 0 aromatic heterocycles. The summed E-state index contributed by atoms with van der Waals surface area (Å²) in [5, 5.41) is 0. The molecule has 0 saturated heterocycles. The van der Waals surface area contributed by atoms with Crippen LogP contribution in [0, 0.1) is 17.8 Å². The lowest BCUT2D eigenvalue weighted by Gasteiger charge is -2.31. The van der Waals surface area contributed by atoms with Crippen molar-refractivity contribution < 1.29 is 0 Å². The molecule has 0 bridgehead atoms. The van der Waals surface area contributed by atoms with E-state index in [0.29, 0.717) is 0 Å². The van der Waals surface area contributed by atoms with Gasteiger partial charge in [0, 0.05) is 0 Å². The lowest BCUT2D eigenvalue weighted by molar-refractivity contribution is 0.197. The SMILES string of the molecule is CC1CCCC2CCCC12. The standard InChI is InChI=1S/C10H18/c1-8-4-2-5-9-6-3-7-10(8)9/h8-10H,2-7H2,1H3. The van der Waals surface area contributed by atoms with E-state index in [9.17, 15) is 0 Å². The van der Waals surface area contributed by atoms with Crippen LogP contribution in [0.3, 0.4) is 0 Å². The van der Waals surface area contributed by atoms with E-state index in [1.807, 2.05) is 0 Å². The molecule has 0 radical (unpaired) electrons. The van der Waals surface area contributed by atoms with Crippen LogP contribution in [0.4, 0.5) is 0 Å². The van der Waals surface area contributed by atoms with E-state index in [-0.39, 0.29) is 0 Å². The molecule has 10 heavy (non-hydrogen) atoms. The highest BCUT2D eigenvalue weighted by atomic mass is 14.4. The van der Waals surface area contributed by atoms with Crippen LogP contribution in [0.25, 0.3) is 0 Å². The van der Waals surface area contributed by atoms with E-state index in [1.165, 1.54) is 19.3 Å². The Morgan fingerprint density at radius 1 is 0.900 bits per heavy atom. The van der Waals surface area contributed by atoms with Crippen LogP contribution in [-0.2, 0) is 0 Å². The first-order valence-electron chi connectivity index (χ1n) is 4.88. The van der Waals surface area contributed by atoms with Crippen molar-refractivity contribution in [3.8, 4) is 0 Å². The molecular formula is C10H18. The molecule has 0 spiro atoms. The highest BCUT2D eigenvalue weighted by Gasteiger charge is 2.33. The van der Waals surface area contributed by atoms with Gasteiger partial charge in [0.05, 0.1) is 0 Å². The van der Waals surface area contributed by atoms with E-state index in [4.69, 9.17) is 0 Å². The lowest BCUT2D eigenvalue weighted by Crippen LogP contribution is -2.21. The fraction of sp³-hybridized carbons (Fsp3) is 1.00. The van der Waals surface area contributed by atoms with Gasteiger partial charge in [-0.15, -0.1) is 0 Å². The molecule has 0 aromatic rings. The summed E-state index contributed by atoms with van der Waals surface area (Å²) in [6.07, 6.45) is 9.21. The van der Waals surface area contributed by atoms with Gasteiger partial charge >= 0.3 is 0 Å². The Kier molecular flexibility index (Phi) is 1.71. The lowest BCUT2D eigenvalue weighted by atomic mass is 9.75. The van der Waals surface area contributed by atoms with Crippen molar-refractivity contribution in [2.45, 2.75) is 45.4 Å². The maximum absolute atomic E-state index is 2.46. The molecule has 0 N–H and O–H groups in total. The molecule has 0 heterocycles. The molecule has 2 aliphatic rings. The Balaban J connectivity index is 2.03. The molecule has 0 aromatic carbocycles. The Bertz CT molecular complexity index is 117. The van der Waals surface area contributed by atoms with Crippen molar-refractivity contribution in [2.24, 2.45) is 17.8 Å². The second-order valence-corrected chi connectivity index (χ2v) is 4.26. The van der Waals surface area contributed by atoms with Crippen molar-refractivity contribution in [1.29, 1.82) is 0 Å². The fourth-order valence-electron chi connectivity index (χ4n) is 3.09. The van der Waals surface area contributed by atoms with E-state index in [1.54, 1.807) is 19.3 Å². The zero-order valence-electron chi connectivity index (χ0n) is 6.97. The molecule has 2 rings (SSSR count). The van der Waals surface area contributed by atoms with Crippen molar-refractivity contribution in [1.82, 2.24) is 0 Å². The average molecular weight is 138 g/mol. The van der Waals surface area contributed by atoms with E-state index < -0.39 is 0 Å². The van der Waals surface area contributed by atoms with Gasteiger partial charge in [-0.1, -0.05) is 39.0 Å². The first kappa shape index (κ1) is 6.69. The van der Waals surface area contributed by atoms with Crippen LogP contribution in [-0.4, -0.2) is 0 Å². The van der Waals surface area contributed by atoms with Crippen LogP contribution in [0.1, 0.15) is 45.4 Å². The summed E-state index contributed by atoms with van der Waals surface area (Å²) in [7, 11) is 0. The fourth-order valence-corrected chi connectivity index (χ4v) is 3.09. The topological polar surface area (TPSA) is 0 Å². The Labute approximate surface area is 64.0 Å². The summed E-state index contributed by atoms with van der Waals surface area (Å²) in [4.78, 5) is 0. The van der Waals surface area contributed by atoms with Gasteiger partial charge in [-0.25, -0.2) is 0 Å². The van der Waals surface area contributed by atoms with Crippen LogP contribution in [0.5, 0.6) is 0 Å². The highest BCUT2D eigenvalue weighted by molar-refractivity contribution is 4.84. The predicted octanol–water partition coefficient (Wildman–Crippen LogP) is 3.22. The minimum Gasteiger partial charge on any atom is -0.0622 e. The van der Waals surface area contributed by atoms with Crippen molar-refractivity contribution in [2.75, 3.05) is 0 Å². The molecule has 0 nitrogen and oxygen atoms in total. The second kappa shape index (κ2) is 2.56. The molecule has 3 atom stereocenters. The molecule has 2 saturated carbocycles. The summed E-state index contributed by atoms with van der Waals surface area (Å²) in [5.74, 6) is 3.33.